The third-order valence-electron chi connectivity index (χ3n) is 3.60. The molecular weight excluding hydrogens is 238 g/mol. The first-order valence-corrected chi connectivity index (χ1v) is 6.23. The van der Waals surface area contributed by atoms with Crippen LogP contribution in [0, 0.1) is 0 Å². The summed E-state index contributed by atoms with van der Waals surface area (Å²) in [5.74, 6) is -0.0137. The Morgan fingerprint density at radius 3 is 3.05 bits per heavy atom. The van der Waals surface area contributed by atoms with Crippen LogP contribution in [0.25, 0.3) is 10.9 Å². The maximum Gasteiger partial charge on any atom is 0.201 e. The lowest BCUT2D eigenvalue weighted by molar-refractivity contribution is -0.109. The van der Waals surface area contributed by atoms with Crippen LogP contribution in [0.1, 0.15) is 12.6 Å². The predicted octanol–water partition coefficient (Wildman–Crippen LogP) is 2.52. The van der Waals surface area contributed by atoms with Crippen molar-refractivity contribution in [1.29, 1.82) is 0 Å². The number of dihydropyridines is 1. The van der Waals surface area contributed by atoms with Gasteiger partial charge in [0.1, 0.15) is 0 Å². The lowest BCUT2D eigenvalue weighted by atomic mass is 10.0. The van der Waals surface area contributed by atoms with Gasteiger partial charge in [0.25, 0.3) is 0 Å². The van der Waals surface area contributed by atoms with Crippen LogP contribution < -0.4 is 0 Å². The van der Waals surface area contributed by atoms with Gasteiger partial charge in [0, 0.05) is 24.4 Å². The first kappa shape index (κ1) is 10.4. The van der Waals surface area contributed by atoms with E-state index in [1.54, 1.807) is 6.21 Å². The molecule has 0 radical (unpaired) electrons. The lowest BCUT2D eigenvalue weighted by Crippen LogP contribution is -2.18. The molecule has 3 heterocycles. The number of benzene rings is 1. The van der Waals surface area contributed by atoms with E-state index >= 15 is 0 Å². The van der Waals surface area contributed by atoms with Crippen LogP contribution in [-0.2, 0) is 4.79 Å². The van der Waals surface area contributed by atoms with Gasteiger partial charge >= 0.3 is 0 Å². The van der Waals surface area contributed by atoms with Crippen molar-refractivity contribution in [1.82, 2.24) is 4.57 Å². The Morgan fingerprint density at radius 2 is 2.11 bits per heavy atom. The Hall–Kier alpha value is -2.49. The average molecular weight is 249 g/mol. The zero-order valence-corrected chi connectivity index (χ0v) is 10.2. The van der Waals surface area contributed by atoms with Crippen LogP contribution in [0.4, 0.5) is 0 Å². The Balaban J connectivity index is 1.91. The molecule has 4 heteroatoms. The molecule has 92 valence electrons. The minimum Gasteiger partial charge on any atom is -0.320 e. The number of aromatic nitrogens is 1. The number of Topliss-reactive ketones (excluding diaryl/α,β-unsaturated/α-hetero) is 1. The molecule has 2 aliphatic heterocycles. The van der Waals surface area contributed by atoms with Gasteiger partial charge in [0.05, 0.1) is 17.4 Å². The number of para-hydroxylation sites is 1. The number of hydrogen-bond donors (Lipinski definition) is 0. The van der Waals surface area contributed by atoms with E-state index in [1.165, 1.54) is 11.6 Å². The normalized spacial score (nSPS) is 21.5. The van der Waals surface area contributed by atoms with Crippen LogP contribution in [-0.4, -0.2) is 22.8 Å². The highest BCUT2D eigenvalue weighted by atomic mass is 16.1. The van der Waals surface area contributed by atoms with Crippen molar-refractivity contribution < 1.29 is 4.79 Å². The molecule has 4 rings (SSSR count). The van der Waals surface area contributed by atoms with Crippen LogP contribution in [0.2, 0.25) is 0 Å². The van der Waals surface area contributed by atoms with E-state index in [1.807, 2.05) is 18.3 Å². The smallest absolute Gasteiger partial charge is 0.201 e. The average Bonchev–Trinajstić information content (AvgIpc) is 3.06. The first-order valence-electron chi connectivity index (χ1n) is 6.23. The molecule has 0 bridgehead atoms. The molecule has 4 nitrogen and oxygen atoms in total. The Labute approximate surface area is 109 Å². The van der Waals surface area contributed by atoms with Crippen molar-refractivity contribution in [2.24, 2.45) is 9.98 Å². The monoisotopic (exact) mass is 249 g/mol. The molecule has 0 saturated heterocycles. The molecule has 0 spiro atoms. The third kappa shape index (κ3) is 1.43. The minimum atomic E-state index is -0.216. The maximum absolute atomic E-state index is 11.8. The summed E-state index contributed by atoms with van der Waals surface area (Å²) in [4.78, 5) is 20.5. The number of carbonyl (C=O) groups is 1. The summed E-state index contributed by atoms with van der Waals surface area (Å²) in [5.41, 5.74) is 2.67. The fraction of sp³-hybridized carbons (Fsp3) is 0.133. The predicted molar refractivity (Wildman–Crippen MR) is 74.6 cm³/mol. The number of nitrogens with zero attached hydrogens (tertiary/aromatic N) is 3. The van der Waals surface area contributed by atoms with Gasteiger partial charge < -0.3 is 4.57 Å². The number of fused-ring (bicyclic) bond motifs is 1. The molecule has 0 saturated carbocycles. The molecule has 0 N–H and O–H groups in total. The summed E-state index contributed by atoms with van der Waals surface area (Å²) in [5, 5.41) is 1.17. The first-order chi connectivity index (χ1) is 9.34. The second-order valence-electron chi connectivity index (χ2n) is 4.68. The van der Waals surface area contributed by atoms with Gasteiger partial charge in [-0.05, 0) is 17.5 Å². The highest BCUT2D eigenvalue weighted by molar-refractivity contribution is 6.36. The zero-order chi connectivity index (χ0) is 12.8. The molecule has 19 heavy (non-hydrogen) atoms. The molecule has 2 aliphatic rings. The van der Waals surface area contributed by atoms with Crippen molar-refractivity contribution in [2.45, 2.75) is 12.6 Å². The third-order valence-corrected chi connectivity index (χ3v) is 3.60. The van der Waals surface area contributed by atoms with Crippen molar-refractivity contribution in [3.05, 3.63) is 47.8 Å². The Morgan fingerprint density at radius 1 is 1.21 bits per heavy atom. The van der Waals surface area contributed by atoms with Crippen LogP contribution >= 0.6 is 0 Å². The summed E-state index contributed by atoms with van der Waals surface area (Å²) in [6.45, 7) is 0. The highest BCUT2D eigenvalue weighted by Gasteiger charge is 2.28. The second kappa shape index (κ2) is 3.75. The summed E-state index contributed by atoms with van der Waals surface area (Å²) in [6.07, 6.45) is 5.62. The Kier molecular flexibility index (Phi) is 2.06. The van der Waals surface area contributed by atoms with Crippen LogP contribution in [0.5, 0.6) is 0 Å². The zero-order valence-electron chi connectivity index (χ0n) is 10.2. The van der Waals surface area contributed by atoms with Crippen molar-refractivity contribution in [3.8, 4) is 0 Å². The molecule has 1 atom stereocenters. The number of carbonyl (C=O) groups excluding carboxylic acids is 1. The van der Waals surface area contributed by atoms with E-state index in [4.69, 9.17) is 0 Å². The fourth-order valence-corrected chi connectivity index (χ4v) is 2.68. The second-order valence-corrected chi connectivity index (χ2v) is 4.68. The van der Waals surface area contributed by atoms with Crippen molar-refractivity contribution in [3.63, 3.8) is 0 Å². The number of hydrogen-bond acceptors (Lipinski definition) is 3. The Bertz CT molecular complexity index is 780. The molecule has 0 aliphatic carbocycles. The van der Waals surface area contributed by atoms with Gasteiger partial charge in [-0.15, -0.1) is 0 Å². The molecule has 2 aromatic rings. The molecule has 0 amide bonds. The summed E-state index contributed by atoms with van der Waals surface area (Å²) in [7, 11) is 0. The van der Waals surface area contributed by atoms with E-state index in [2.05, 4.69) is 32.8 Å². The van der Waals surface area contributed by atoms with E-state index in [9.17, 15) is 4.79 Å². The molecular formula is C15H11N3O. The molecule has 1 unspecified atom stereocenters. The molecule has 0 fully saturated rings. The van der Waals surface area contributed by atoms with Crippen molar-refractivity contribution in [2.75, 3.05) is 0 Å². The number of allylic oxidation sites excluding steroid dienone is 1. The lowest BCUT2D eigenvalue weighted by Gasteiger charge is -2.19. The SMILES string of the molecule is O=C1C=NC(n2ccc3ccccc32)C2=C1CC=N2. The van der Waals surface area contributed by atoms with Gasteiger partial charge in [-0.2, -0.15) is 0 Å². The topological polar surface area (TPSA) is 46.7 Å². The largest absolute Gasteiger partial charge is 0.320 e. The quantitative estimate of drug-likeness (QED) is 0.766. The molecule has 1 aromatic carbocycles. The van der Waals surface area contributed by atoms with Gasteiger partial charge in [-0.3, -0.25) is 14.8 Å². The fourth-order valence-electron chi connectivity index (χ4n) is 2.68. The van der Waals surface area contributed by atoms with E-state index in [0.717, 1.165) is 16.8 Å². The standard InChI is InChI=1S/C15H11N3O/c19-13-9-17-15(14-11(13)5-7-16-14)18-8-6-10-3-1-2-4-12(10)18/h1-4,6-9,15H,5H2. The number of ketones is 1. The summed E-state index contributed by atoms with van der Waals surface area (Å²) < 4.78 is 2.07. The molecule has 1 aromatic heterocycles. The number of rotatable bonds is 1. The van der Waals surface area contributed by atoms with E-state index < -0.39 is 0 Å². The highest BCUT2D eigenvalue weighted by Crippen LogP contribution is 2.33. The summed E-state index contributed by atoms with van der Waals surface area (Å²) in [6, 6.07) is 10.2. The minimum absolute atomic E-state index is 0.0137. The number of aliphatic imine (C=N–C) groups is 2. The van der Waals surface area contributed by atoms with Gasteiger partial charge in [-0.1, -0.05) is 18.2 Å². The van der Waals surface area contributed by atoms with Gasteiger partial charge in [-0.25, -0.2) is 0 Å². The summed E-state index contributed by atoms with van der Waals surface area (Å²) >= 11 is 0. The van der Waals surface area contributed by atoms with Crippen LogP contribution in [0.15, 0.2) is 57.8 Å². The van der Waals surface area contributed by atoms with Gasteiger partial charge in [0.15, 0.2) is 6.17 Å². The van der Waals surface area contributed by atoms with Gasteiger partial charge in [0.2, 0.25) is 5.78 Å². The van der Waals surface area contributed by atoms with Crippen LogP contribution in [0.3, 0.4) is 0 Å². The van der Waals surface area contributed by atoms with Crippen molar-refractivity contribution >= 4 is 29.1 Å². The maximum atomic E-state index is 11.8. The van der Waals surface area contributed by atoms with E-state index in [0.29, 0.717) is 6.42 Å². The van der Waals surface area contributed by atoms with E-state index in [-0.39, 0.29) is 11.9 Å².